The molecule has 18 heavy (non-hydrogen) atoms. The summed E-state index contributed by atoms with van der Waals surface area (Å²) in [6.45, 7) is 3.88. The number of aryl methyl sites for hydroxylation is 1. The van der Waals surface area contributed by atoms with Crippen molar-refractivity contribution in [2.45, 2.75) is 32.5 Å². The highest BCUT2D eigenvalue weighted by atomic mass is 28.3. The molecular weight excluding hydrogens is 234 g/mol. The molecule has 0 saturated carbocycles. The fraction of sp³-hybridized carbons (Fsp3) is 0.312. The predicted octanol–water partition coefficient (Wildman–Crippen LogP) is 4.48. The van der Waals surface area contributed by atoms with Gasteiger partial charge in [-0.2, -0.15) is 0 Å². The fourth-order valence-corrected chi connectivity index (χ4v) is 2.73. The Morgan fingerprint density at radius 1 is 1.11 bits per heavy atom. The molecule has 0 bridgehead atoms. The first-order valence-electron chi connectivity index (χ1n) is 8.50. The third-order valence-corrected chi connectivity index (χ3v) is 3.50. The van der Waals surface area contributed by atoms with E-state index >= 15 is 0 Å². The van der Waals surface area contributed by atoms with Crippen LogP contribution in [0.15, 0.2) is 42.6 Å². The lowest BCUT2D eigenvalue weighted by Crippen LogP contribution is -2.23. The van der Waals surface area contributed by atoms with E-state index in [-0.39, 0.29) is 0 Å². The van der Waals surface area contributed by atoms with Crippen LogP contribution in [0.1, 0.15) is 18.0 Å². The number of hydrogen-bond donors (Lipinski definition) is 0. The zero-order chi connectivity index (χ0) is 17.5. The maximum Gasteiger partial charge on any atom is 0.0702 e. The van der Waals surface area contributed by atoms with Crippen molar-refractivity contribution in [3.8, 4) is 11.3 Å². The first kappa shape index (κ1) is 7.90. The zero-order valence-corrected chi connectivity index (χ0v) is 12.0. The Morgan fingerprint density at radius 3 is 2.33 bits per heavy atom. The molecule has 0 aliphatic heterocycles. The van der Waals surface area contributed by atoms with Crippen molar-refractivity contribution in [2.24, 2.45) is 0 Å². The second-order valence-electron chi connectivity index (χ2n) is 5.38. The van der Waals surface area contributed by atoms with Gasteiger partial charge in [-0.25, -0.2) is 0 Å². The van der Waals surface area contributed by atoms with Crippen LogP contribution >= 0.6 is 0 Å². The summed E-state index contributed by atoms with van der Waals surface area (Å²) >= 11 is 0. The largest absolute Gasteiger partial charge is 0.256 e. The monoisotopic (exact) mass is 260 g/mol. The van der Waals surface area contributed by atoms with E-state index in [2.05, 4.69) is 4.98 Å². The van der Waals surface area contributed by atoms with Gasteiger partial charge in [0.15, 0.2) is 0 Å². The van der Waals surface area contributed by atoms with E-state index in [9.17, 15) is 0 Å². The highest BCUT2D eigenvalue weighted by Gasteiger charge is 2.13. The molecule has 0 unspecified atom stereocenters. The highest BCUT2D eigenvalue weighted by Crippen LogP contribution is 2.19. The van der Waals surface area contributed by atoms with E-state index in [0.29, 0.717) is 16.8 Å². The summed E-state index contributed by atoms with van der Waals surface area (Å²) in [5, 5.41) is 0. The Morgan fingerprint density at radius 2 is 1.83 bits per heavy atom. The fourth-order valence-electron chi connectivity index (χ4n) is 1.71. The summed E-state index contributed by atoms with van der Waals surface area (Å²) < 4.78 is 38.8. The molecule has 94 valence electrons. The van der Waals surface area contributed by atoms with Crippen molar-refractivity contribution in [1.82, 2.24) is 4.98 Å². The summed E-state index contributed by atoms with van der Waals surface area (Å²) in [6.07, 6.45) is 1.59. The summed E-state index contributed by atoms with van der Waals surface area (Å²) in [5.41, 5.74) is 2.42. The van der Waals surface area contributed by atoms with Crippen LogP contribution < -0.4 is 0 Å². The van der Waals surface area contributed by atoms with Gasteiger partial charge in [0.2, 0.25) is 0 Å². The molecule has 0 saturated heterocycles. The number of pyridine rings is 1. The Labute approximate surface area is 118 Å². The molecule has 0 spiro atoms. The molecule has 0 amide bonds. The number of hydrogen-bond acceptors (Lipinski definition) is 1. The van der Waals surface area contributed by atoms with Gasteiger partial charge in [-0.1, -0.05) is 55.5 Å². The molecule has 2 rings (SSSR count). The van der Waals surface area contributed by atoms with Crippen LogP contribution in [-0.4, -0.2) is 13.1 Å². The van der Waals surface area contributed by atoms with Crippen molar-refractivity contribution in [2.75, 3.05) is 0 Å². The standard InChI is InChI=1S/C16H21NSi/c1-13-5-8-15(9-6-13)16-10-7-14(11-17-16)12-18(2,3)4/h5-11H,12H2,1-4H3/i1D3,12D2. The van der Waals surface area contributed by atoms with Crippen molar-refractivity contribution in [3.05, 3.63) is 53.7 Å². The molecule has 0 aliphatic rings. The average Bonchev–Trinajstić information content (AvgIpc) is 2.45. The van der Waals surface area contributed by atoms with E-state index in [1.807, 2.05) is 19.6 Å². The quantitative estimate of drug-likeness (QED) is 0.742. The van der Waals surface area contributed by atoms with Gasteiger partial charge in [-0.3, -0.25) is 4.98 Å². The van der Waals surface area contributed by atoms with Crippen LogP contribution in [0.3, 0.4) is 0 Å². The first-order valence-corrected chi connectivity index (χ1v) is 9.50. The van der Waals surface area contributed by atoms with Crippen LogP contribution in [-0.2, 0) is 6.00 Å². The van der Waals surface area contributed by atoms with Crippen LogP contribution in [0.25, 0.3) is 11.3 Å². The highest BCUT2D eigenvalue weighted by molar-refractivity contribution is 6.75. The number of nitrogens with zero attached hydrogens (tertiary/aromatic N) is 1. The third-order valence-electron chi connectivity index (χ3n) is 2.46. The smallest absolute Gasteiger partial charge is 0.0702 e. The van der Waals surface area contributed by atoms with E-state index in [0.717, 1.165) is 5.56 Å². The summed E-state index contributed by atoms with van der Waals surface area (Å²) in [5.74, 6) is -1.34. The normalized spacial score (nSPS) is 17.2. The summed E-state index contributed by atoms with van der Waals surface area (Å²) in [4.78, 5) is 4.36. The molecule has 0 radical (unpaired) electrons. The van der Waals surface area contributed by atoms with Crippen molar-refractivity contribution in [3.63, 3.8) is 0 Å². The van der Waals surface area contributed by atoms with Crippen LogP contribution in [0.5, 0.6) is 0 Å². The Bertz CT molecular complexity index is 670. The Kier molecular flexibility index (Phi) is 2.22. The molecule has 2 aromatic rings. The molecule has 1 aromatic heterocycles. The average molecular weight is 260 g/mol. The molecule has 1 nitrogen and oxygen atoms in total. The second-order valence-corrected chi connectivity index (χ2v) is 10.1. The molecule has 1 aromatic carbocycles. The molecular formula is C16H21NSi. The molecule has 0 fully saturated rings. The molecule has 0 aliphatic carbocycles. The van der Waals surface area contributed by atoms with Crippen molar-refractivity contribution >= 4 is 8.07 Å². The van der Waals surface area contributed by atoms with Gasteiger partial charge in [0, 0.05) is 26.7 Å². The van der Waals surface area contributed by atoms with E-state index in [1.54, 1.807) is 42.6 Å². The summed E-state index contributed by atoms with van der Waals surface area (Å²) in [7, 11) is -2.02. The minimum absolute atomic E-state index is 0.299. The van der Waals surface area contributed by atoms with Crippen LogP contribution in [0.2, 0.25) is 19.6 Å². The Hall–Kier alpha value is -1.41. The lowest BCUT2D eigenvalue weighted by atomic mass is 10.1. The van der Waals surface area contributed by atoms with Crippen molar-refractivity contribution < 1.29 is 6.85 Å². The van der Waals surface area contributed by atoms with Gasteiger partial charge in [0.1, 0.15) is 0 Å². The third kappa shape index (κ3) is 3.54. The molecule has 2 heteroatoms. The van der Waals surface area contributed by atoms with Gasteiger partial charge in [-0.15, -0.1) is 0 Å². The number of aromatic nitrogens is 1. The van der Waals surface area contributed by atoms with Crippen molar-refractivity contribution in [1.29, 1.82) is 0 Å². The summed E-state index contributed by atoms with van der Waals surface area (Å²) in [6, 6.07) is 10.2. The second kappa shape index (κ2) is 5.07. The lowest BCUT2D eigenvalue weighted by Gasteiger charge is -2.15. The zero-order valence-electron chi connectivity index (χ0n) is 16.0. The number of rotatable bonds is 3. The SMILES string of the molecule is [2H]C([2H])([2H])c1ccc(-c2ccc(C([2H])([2H])[Si](C)(C)C)cn2)cc1. The van der Waals surface area contributed by atoms with E-state index in [1.165, 1.54) is 0 Å². The Balaban J connectivity index is 2.30. The minimum Gasteiger partial charge on any atom is -0.256 e. The van der Waals surface area contributed by atoms with E-state index < -0.39 is 20.9 Å². The van der Waals surface area contributed by atoms with Gasteiger partial charge in [-0.05, 0) is 24.5 Å². The van der Waals surface area contributed by atoms with Crippen LogP contribution in [0, 0.1) is 6.85 Å². The number of benzene rings is 1. The van der Waals surface area contributed by atoms with Crippen LogP contribution in [0.4, 0.5) is 0 Å². The van der Waals surface area contributed by atoms with Gasteiger partial charge < -0.3 is 0 Å². The molecule has 0 N–H and O–H groups in total. The predicted molar refractivity (Wildman–Crippen MR) is 81.5 cm³/mol. The topological polar surface area (TPSA) is 12.9 Å². The van der Waals surface area contributed by atoms with E-state index in [4.69, 9.17) is 6.85 Å². The maximum atomic E-state index is 8.32. The minimum atomic E-state index is -2.11. The molecule has 1 heterocycles. The van der Waals surface area contributed by atoms with Gasteiger partial charge in [0.05, 0.1) is 5.69 Å². The lowest BCUT2D eigenvalue weighted by molar-refractivity contribution is 1.21. The maximum absolute atomic E-state index is 8.32. The molecule has 0 atom stereocenters. The van der Waals surface area contributed by atoms with Gasteiger partial charge in [0.25, 0.3) is 0 Å². The van der Waals surface area contributed by atoms with Gasteiger partial charge >= 0.3 is 0 Å². The first-order chi connectivity index (χ1) is 10.4.